The summed E-state index contributed by atoms with van der Waals surface area (Å²) in [4.78, 5) is 15.9. The largest absolute Gasteiger partial charge is 0.339 e. The predicted octanol–water partition coefficient (Wildman–Crippen LogP) is 1.09. The fourth-order valence-electron chi connectivity index (χ4n) is 2.70. The minimum atomic E-state index is 0.256. The molecule has 2 rings (SSSR count). The topological polar surface area (TPSA) is 23.6 Å². The van der Waals surface area contributed by atoms with E-state index in [9.17, 15) is 4.79 Å². The first-order valence-corrected chi connectivity index (χ1v) is 5.77. The quantitative estimate of drug-likeness (QED) is 0.660. The lowest BCUT2D eigenvalue weighted by Gasteiger charge is -2.27. The van der Waals surface area contributed by atoms with Crippen LogP contribution in [0.2, 0.25) is 0 Å². The van der Waals surface area contributed by atoms with Gasteiger partial charge in [0, 0.05) is 26.1 Å². The third-order valence-electron chi connectivity index (χ3n) is 3.45. The first-order chi connectivity index (χ1) is 6.77. The number of carbonyl (C=O) groups is 1. The van der Waals surface area contributed by atoms with Gasteiger partial charge < -0.3 is 9.80 Å². The van der Waals surface area contributed by atoms with E-state index in [4.69, 9.17) is 0 Å². The summed E-state index contributed by atoms with van der Waals surface area (Å²) in [5, 5.41) is 0. The van der Waals surface area contributed by atoms with E-state index in [0.717, 1.165) is 13.1 Å². The average molecular weight is 196 g/mol. The number of nitrogens with zero attached hydrogens (tertiary/aromatic N) is 2. The Balaban J connectivity index is 1.86. The van der Waals surface area contributed by atoms with Gasteiger partial charge in [0.25, 0.3) is 0 Å². The van der Waals surface area contributed by atoms with E-state index in [2.05, 4.69) is 9.80 Å². The van der Waals surface area contributed by atoms with Crippen molar-refractivity contribution in [3.05, 3.63) is 0 Å². The van der Waals surface area contributed by atoms with Gasteiger partial charge in [-0.05, 0) is 38.8 Å². The van der Waals surface area contributed by atoms with E-state index in [-0.39, 0.29) is 5.91 Å². The van der Waals surface area contributed by atoms with Crippen LogP contribution in [0.3, 0.4) is 0 Å². The van der Waals surface area contributed by atoms with Crippen molar-refractivity contribution in [1.29, 1.82) is 0 Å². The van der Waals surface area contributed by atoms with Crippen LogP contribution in [0.1, 0.15) is 32.6 Å². The van der Waals surface area contributed by atoms with Crippen molar-refractivity contribution in [2.24, 2.45) is 0 Å². The lowest BCUT2D eigenvalue weighted by atomic mass is 10.2. The summed E-state index contributed by atoms with van der Waals surface area (Å²) >= 11 is 0. The highest BCUT2D eigenvalue weighted by molar-refractivity contribution is 5.73. The molecule has 0 saturated carbocycles. The van der Waals surface area contributed by atoms with Crippen molar-refractivity contribution >= 4 is 5.91 Å². The Morgan fingerprint density at radius 2 is 1.93 bits per heavy atom. The molecule has 1 atom stereocenters. The maximum Gasteiger partial charge on any atom is 0.219 e. The van der Waals surface area contributed by atoms with Gasteiger partial charge in [-0.2, -0.15) is 0 Å². The highest BCUT2D eigenvalue weighted by Gasteiger charge is 2.28. The van der Waals surface area contributed by atoms with E-state index >= 15 is 0 Å². The summed E-state index contributed by atoms with van der Waals surface area (Å²) in [5.74, 6) is 0.256. The molecule has 1 unspecified atom stereocenters. The van der Waals surface area contributed by atoms with Crippen LogP contribution in [0.5, 0.6) is 0 Å². The number of carbonyl (C=O) groups excluding carboxylic acids is 1. The van der Waals surface area contributed by atoms with Crippen LogP contribution in [0, 0.1) is 0 Å². The number of amides is 1. The van der Waals surface area contributed by atoms with E-state index in [1.54, 1.807) is 6.92 Å². The number of hydrogen-bond donors (Lipinski definition) is 0. The van der Waals surface area contributed by atoms with Gasteiger partial charge in [0.2, 0.25) is 5.91 Å². The van der Waals surface area contributed by atoms with Crippen molar-refractivity contribution in [2.45, 2.75) is 38.6 Å². The van der Waals surface area contributed by atoms with Crippen molar-refractivity contribution < 1.29 is 4.79 Å². The summed E-state index contributed by atoms with van der Waals surface area (Å²) < 4.78 is 0. The van der Waals surface area contributed by atoms with Crippen LogP contribution in [0.25, 0.3) is 0 Å². The fraction of sp³-hybridized carbons (Fsp3) is 0.909. The molecule has 0 radical (unpaired) electrons. The minimum Gasteiger partial charge on any atom is -0.339 e. The Morgan fingerprint density at radius 3 is 2.57 bits per heavy atom. The monoisotopic (exact) mass is 196 g/mol. The third kappa shape index (κ3) is 2.08. The van der Waals surface area contributed by atoms with E-state index in [1.807, 2.05) is 0 Å². The maximum atomic E-state index is 11.3. The first-order valence-electron chi connectivity index (χ1n) is 5.77. The first kappa shape index (κ1) is 9.97. The van der Waals surface area contributed by atoms with Crippen LogP contribution in [-0.2, 0) is 4.79 Å². The maximum absolute atomic E-state index is 11.3. The van der Waals surface area contributed by atoms with Crippen molar-refractivity contribution in [1.82, 2.24) is 9.80 Å². The summed E-state index contributed by atoms with van der Waals surface area (Å²) in [6, 6.07) is 0.505. The van der Waals surface area contributed by atoms with Crippen molar-refractivity contribution in [2.75, 3.05) is 26.2 Å². The molecular formula is C11H20N2O. The van der Waals surface area contributed by atoms with Crippen LogP contribution >= 0.6 is 0 Å². The molecule has 0 aromatic carbocycles. The average Bonchev–Trinajstić information content (AvgIpc) is 2.75. The molecular weight excluding hydrogens is 176 g/mol. The van der Waals surface area contributed by atoms with Gasteiger partial charge >= 0.3 is 0 Å². The van der Waals surface area contributed by atoms with Gasteiger partial charge in [0.05, 0.1) is 0 Å². The van der Waals surface area contributed by atoms with Gasteiger partial charge in [-0.25, -0.2) is 0 Å². The highest BCUT2D eigenvalue weighted by Crippen LogP contribution is 2.20. The molecule has 2 fully saturated rings. The number of hydrogen-bond acceptors (Lipinski definition) is 2. The highest BCUT2D eigenvalue weighted by atomic mass is 16.2. The Hall–Kier alpha value is -0.570. The Morgan fingerprint density at radius 1 is 1.21 bits per heavy atom. The van der Waals surface area contributed by atoms with Gasteiger partial charge in [-0.3, -0.25) is 4.79 Å². The molecule has 0 N–H and O–H groups in total. The lowest BCUT2D eigenvalue weighted by Crippen LogP contribution is -2.41. The molecule has 1 amide bonds. The molecule has 0 bridgehead atoms. The van der Waals surface area contributed by atoms with Crippen LogP contribution in [0.4, 0.5) is 0 Å². The smallest absolute Gasteiger partial charge is 0.219 e. The van der Waals surface area contributed by atoms with Crippen molar-refractivity contribution in [3.63, 3.8) is 0 Å². The van der Waals surface area contributed by atoms with Crippen LogP contribution in [0.15, 0.2) is 0 Å². The Bertz CT molecular complexity index is 211. The molecule has 0 aliphatic carbocycles. The molecule has 2 heterocycles. The molecule has 0 aromatic heterocycles. The van der Waals surface area contributed by atoms with Gasteiger partial charge in [0.15, 0.2) is 0 Å². The minimum absolute atomic E-state index is 0.256. The molecule has 80 valence electrons. The molecule has 2 aliphatic rings. The van der Waals surface area contributed by atoms with Crippen LogP contribution < -0.4 is 0 Å². The summed E-state index contributed by atoms with van der Waals surface area (Å²) in [6.07, 6.45) is 5.08. The summed E-state index contributed by atoms with van der Waals surface area (Å²) in [5.41, 5.74) is 0. The van der Waals surface area contributed by atoms with E-state index < -0.39 is 0 Å². The molecule has 3 heteroatoms. The third-order valence-corrected chi connectivity index (χ3v) is 3.45. The predicted molar refractivity (Wildman–Crippen MR) is 56.1 cm³/mol. The van der Waals surface area contributed by atoms with E-state index in [0.29, 0.717) is 6.04 Å². The lowest BCUT2D eigenvalue weighted by molar-refractivity contribution is -0.129. The number of rotatable bonds is 2. The molecule has 0 spiro atoms. The summed E-state index contributed by atoms with van der Waals surface area (Å²) in [6.45, 7) is 6.26. The van der Waals surface area contributed by atoms with Gasteiger partial charge in [0.1, 0.15) is 0 Å². The molecule has 14 heavy (non-hydrogen) atoms. The molecule has 3 nitrogen and oxygen atoms in total. The molecule has 2 saturated heterocycles. The Kier molecular flexibility index (Phi) is 3.06. The summed E-state index contributed by atoms with van der Waals surface area (Å²) in [7, 11) is 0. The Labute approximate surface area is 86.1 Å². The fourth-order valence-corrected chi connectivity index (χ4v) is 2.70. The van der Waals surface area contributed by atoms with E-state index in [1.165, 1.54) is 38.8 Å². The van der Waals surface area contributed by atoms with Crippen LogP contribution in [-0.4, -0.2) is 47.9 Å². The van der Waals surface area contributed by atoms with Gasteiger partial charge in [-0.1, -0.05) is 0 Å². The molecule has 0 aromatic rings. The second-order valence-electron chi connectivity index (χ2n) is 4.52. The van der Waals surface area contributed by atoms with Crippen molar-refractivity contribution in [3.8, 4) is 0 Å². The van der Waals surface area contributed by atoms with Gasteiger partial charge in [-0.15, -0.1) is 0 Å². The zero-order valence-electron chi connectivity index (χ0n) is 9.04. The second-order valence-corrected chi connectivity index (χ2v) is 4.52. The second kappa shape index (κ2) is 4.30. The zero-order valence-corrected chi connectivity index (χ0v) is 9.04. The standard InChI is InChI=1S/C11H20N2O/c1-10(14)13-8-4-5-11(13)9-12-6-2-3-7-12/h11H,2-9H2,1H3. The zero-order chi connectivity index (χ0) is 9.97. The number of likely N-dealkylation sites (tertiary alicyclic amines) is 2. The molecule has 2 aliphatic heterocycles. The SMILES string of the molecule is CC(=O)N1CCCC1CN1CCCC1. The normalized spacial score (nSPS) is 28.6.